The number of thiophene rings is 1. The third-order valence-electron chi connectivity index (χ3n) is 5.76. The van der Waals surface area contributed by atoms with Crippen LogP contribution in [-0.2, 0) is 20.9 Å². The fraction of sp³-hybridized carbons (Fsp3) is 0.250. The minimum atomic E-state index is -0.570. The molecule has 1 amide bonds. The number of carbonyl (C=O) groups is 2. The van der Waals surface area contributed by atoms with Crippen LogP contribution >= 0.6 is 11.3 Å². The van der Waals surface area contributed by atoms with Gasteiger partial charge in [-0.2, -0.15) is 5.10 Å². The lowest BCUT2D eigenvalue weighted by molar-refractivity contribution is -0.129. The third kappa shape index (κ3) is 4.49. The zero-order chi connectivity index (χ0) is 23.7. The second kappa shape index (κ2) is 8.86. The molecule has 0 unspecified atom stereocenters. The molecular formula is C24H21FN4O4S. The van der Waals surface area contributed by atoms with Crippen LogP contribution in [0.15, 0.2) is 48.9 Å². The first-order valence-corrected chi connectivity index (χ1v) is 11.5. The van der Waals surface area contributed by atoms with Gasteiger partial charge in [0, 0.05) is 46.1 Å². The Morgan fingerprint density at radius 3 is 2.91 bits per heavy atom. The van der Waals surface area contributed by atoms with Gasteiger partial charge in [0.1, 0.15) is 12.4 Å². The smallest absolute Gasteiger partial charge is 0.293 e. The Kier molecular flexibility index (Phi) is 5.74. The van der Waals surface area contributed by atoms with Crippen LogP contribution in [0.5, 0.6) is 11.5 Å². The number of pyridine rings is 1. The minimum Gasteiger partial charge on any atom is -0.466 e. The highest BCUT2D eigenvalue weighted by Crippen LogP contribution is 2.46. The van der Waals surface area contributed by atoms with Crippen molar-refractivity contribution >= 4 is 39.6 Å². The number of ether oxygens (including phenoxy) is 2. The summed E-state index contributed by atoms with van der Waals surface area (Å²) in [5, 5.41) is 7.05. The number of nitrogens with one attached hydrogen (secondary N) is 1. The lowest BCUT2D eigenvalue weighted by Gasteiger charge is -2.12. The molecule has 0 atom stereocenters. The van der Waals surface area contributed by atoms with Gasteiger partial charge in [0.2, 0.25) is 5.91 Å². The number of aromatic nitrogens is 3. The molecule has 3 heterocycles. The van der Waals surface area contributed by atoms with Gasteiger partial charge in [-0.25, -0.2) is 4.39 Å². The second-order valence-electron chi connectivity index (χ2n) is 8.36. The lowest BCUT2D eigenvalue weighted by Crippen LogP contribution is -2.21. The Morgan fingerprint density at radius 1 is 1.29 bits per heavy atom. The quantitative estimate of drug-likeness (QED) is 0.268. The number of benzene rings is 1. The van der Waals surface area contributed by atoms with Crippen LogP contribution < -0.4 is 10.1 Å². The Hall–Kier alpha value is -3.79. The van der Waals surface area contributed by atoms with Gasteiger partial charge >= 0.3 is 0 Å². The molecule has 1 saturated carbocycles. The van der Waals surface area contributed by atoms with Crippen molar-refractivity contribution in [1.29, 1.82) is 0 Å². The SMILES string of the molecule is CC1(C(=O)Nc2ccc(Oc3ccnc4cc(-c5cnn(CCOC=O)c5)sc34)c(F)c2)CC1. The average molecular weight is 481 g/mol. The van der Waals surface area contributed by atoms with Crippen molar-refractivity contribution in [3.05, 3.63) is 54.7 Å². The third-order valence-corrected chi connectivity index (χ3v) is 6.95. The first-order chi connectivity index (χ1) is 16.4. The number of anilines is 1. The van der Waals surface area contributed by atoms with E-state index in [4.69, 9.17) is 9.47 Å². The molecule has 1 aliphatic rings. The number of nitrogens with zero attached hydrogens (tertiary/aromatic N) is 3. The summed E-state index contributed by atoms with van der Waals surface area (Å²) in [6.07, 6.45) is 6.88. The minimum absolute atomic E-state index is 0.0566. The maximum atomic E-state index is 14.8. The average Bonchev–Trinajstić information content (AvgIpc) is 3.22. The van der Waals surface area contributed by atoms with Crippen LogP contribution in [-0.4, -0.2) is 33.8 Å². The molecule has 5 rings (SSSR count). The van der Waals surface area contributed by atoms with Gasteiger partial charge in [0.05, 0.1) is 23.0 Å². The fourth-order valence-corrected chi connectivity index (χ4v) is 4.46. The summed E-state index contributed by atoms with van der Waals surface area (Å²) in [6, 6.07) is 8.00. The van der Waals surface area contributed by atoms with E-state index < -0.39 is 5.82 Å². The Morgan fingerprint density at radius 2 is 2.15 bits per heavy atom. The first-order valence-electron chi connectivity index (χ1n) is 10.7. The zero-order valence-corrected chi connectivity index (χ0v) is 19.1. The van der Waals surface area contributed by atoms with Crippen LogP contribution in [0.2, 0.25) is 0 Å². The van der Waals surface area contributed by atoms with Crippen molar-refractivity contribution < 1.29 is 23.5 Å². The summed E-state index contributed by atoms with van der Waals surface area (Å²) in [5.74, 6) is -0.128. The molecule has 1 N–H and O–H groups in total. The lowest BCUT2D eigenvalue weighted by atomic mass is 10.1. The number of halogens is 1. The Bertz CT molecular complexity index is 1380. The van der Waals surface area contributed by atoms with Crippen molar-refractivity contribution in [2.75, 3.05) is 11.9 Å². The summed E-state index contributed by atoms with van der Waals surface area (Å²) < 4.78 is 27.8. The monoisotopic (exact) mass is 480 g/mol. The predicted molar refractivity (Wildman–Crippen MR) is 125 cm³/mol. The molecule has 1 fully saturated rings. The van der Waals surface area contributed by atoms with Gasteiger partial charge in [-0.05, 0) is 31.0 Å². The molecule has 0 saturated heterocycles. The molecular weight excluding hydrogens is 459 g/mol. The largest absolute Gasteiger partial charge is 0.466 e. The molecule has 0 radical (unpaired) electrons. The van der Waals surface area contributed by atoms with E-state index >= 15 is 0 Å². The normalized spacial score (nSPS) is 14.1. The van der Waals surface area contributed by atoms with Gasteiger partial charge < -0.3 is 14.8 Å². The summed E-state index contributed by atoms with van der Waals surface area (Å²) in [6.45, 7) is 2.99. The predicted octanol–water partition coefficient (Wildman–Crippen LogP) is 5.00. The molecule has 1 aromatic carbocycles. The van der Waals surface area contributed by atoms with Gasteiger partial charge in [-0.15, -0.1) is 11.3 Å². The van der Waals surface area contributed by atoms with Gasteiger partial charge in [0.25, 0.3) is 6.47 Å². The second-order valence-corrected chi connectivity index (χ2v) is 9.41. The highest BCUT2D eigenvalue weighted by molar-refractivity contribution is 7.22. The zero-order valence-electron chi connectivity index (χ0n) is 18.3. The Labute approximate surface area is 198 Å². The van der Waals surface area contributed by atoms with E-state index in [1.165, 1.54) is 23.5 Å². The topological polar surface area (TPSA) is 95.3 Å². The molecule has 34 heavy (non-hydrogen) atoms. The molecule has 174 valence electrons. The molecule has 0 aliphatic heterocycles. The van der Waals surface area contributed by atoms with Crippen LogP contribution in [0.25, 0.3) is 20.7 Å². The molecule has 1 aliphatic carbocycles. The van der Waals surface area contributed by atoms with Gasteiger partial charge in [-0.3, -0.25) is 19.3 Å². The van der Waals surface area contributed by atoms with Crippen molar-refractivity contribution in [3.63, 3.8) is 0 Å². The summed E-state index contributed by atoms with van der Waals surface area (Å²) in [7, 11) is 0. The number of fused-ring (bicyclic) bond motifs is 1. The fourth-order valence-electron chi connectivity index (χ4n) is 3.42. The van der Waals surface area contributed by atoms with Crippen molar-refractivity contribution in [2.45, 2.75) is 26.3 Å². The number of hydrogen-bond donors (Lipinski definition) is 1. The van der Waals surface area contributed by atoms with Crippen molar-refractivity contribution in [2.24, 2.45) is 5.41 Å². The highest BCUT2D eigenvalue weighted by Gasteiger charge is 2.44. The first kappa shape index (κ1) is 22.0. The van der Waals surface area contributed by atoms with E-state index in [1.807, 2.05) is 19.2 Å². The number of rotatable bonds is 9. The van der Waals surface area contributed by atoms with Gasteiger partial charge in [-0.1, -0.05) is 6.92 Å². The van der Waals surface area contributed by atoms with Crippen molar-refractivity contribution in [3.8, 4) is 21.9 Å². The molecule has 0 bridgehead atoms. The summed E-state index contributed by atoms with van der Waals surface area (Å²) in [5.41, 5.74) is 1.66. The van der Waals surface area contributed by atoms with Crippen LogP contribution in [0.1, 0.15) is 19.8 Å². The molecule has 4 aromatic rings. The molecule has 10 heteroatoms. The molecule has 0 spiro atoms. The number of hydrogen-bond acceptors (Lipinski definition) is 7. The maximum absolute atomic E-state index is 14.8. The van der Waals surface area contributed by atoms with E-state index in [0.717, 1.165) is 33.5 Å². The standard InChI is InChI=1S/C24H21FN4O4S/c1-24(5-6-24)23(31)28-16-2-3-19(17(25)10-16)33-20-4-7-26-18-11-21(34-22(18)20)15-12-27-29(13-15)8-9-32-14-30/h2-4,7,10-14H,5-6,8-9H2,1H3,(H,28,31). The van der Waals surface area contributed by atoms with E-state index in [9.17, 15) is 14.0 Å². The summed E-state index contributed by atoms with van der Waals surface area (Å²) >= 11 is 1.46. The number of amides is 1. The molecule has 3 aromatic heterocycles. The summed E-state index contributed by atoms with van der Waals surface area (Å²) in [4.78, 5) is 27.8. The van der Waals surface area contributed by atoms with Crippen LogP contribution in [0, 0.1) is 11.2 Å². The van der Waals surface area contributed by atoms with E-state index in [-0.39, 0.29) is 23.7 Å². The Balaban J connectivity index is 1.35. The number of carbonyl (C=O) groups excluding carboxylic acids is 2. The van der Waals surface area contributed by atoms with Crippen LogP contribution in [0.3, 0.4) is 0 Å². The van der Waals surface area contributed by atoms with E-state index in [0.29, 0.717) is 24.5 Å². The highest BCUT2D eigenvalue weighted by atomic mass is 32.1. The van der Waals surface area contributed by atoms with E-state index in [1.54, 1.807) is 29.2 Å². The van der Waals surface area contributed by atoms with Crippen LogP contribution in [0.4, 0.5) is 10.1 Å². The molecule has 8 nitrogen and oxygen atoms in total. The maximum Gasteiger partial charge on any atom is 0.293 e. The van der Waals surface area contributed by atoms with Gasteiger partial charge in [0.15, 0.2) is 11.6 Å². The van der Waals surface area contributed by atoms with E-state index in [2.05, 4.69) is 15.4 Å². The van der Waals surface area contributed by atoms with Crippen molar-refractivity contribution in [1.82, 2.24) is 14.8 Å².